The lowest BCUT2D eigenvalue weighted by atomic mass is 9.92. The number of carbonyl (C=O) groups is 3. The molecule has 3 aromatic carbocycles. The standard InChI is InChI=1S/C25H19BrN2O3/c26-19-12-6-7-13-20(19)28-25(31)22(14-16-8-2-1-3-9-16)27-21-15-23(29)17-10-4-5-11-18(17)24(21)30/h1-13,15,22,27H,14H2,(H,28,31). The molecule has 6 heteroatoms. The average Bonchev–Trinajstić information content (AvgIpc) is 2.79. The van der Waals surface area contributed by atoms with Crippen LogP contribution in [0, 0.1) is 0 Å². The summed E-state index contributed by atoms with van der Waals surface area (Å²) in [5, 5.41) is 5.92. The number of ketones is 2. The van der Waals surface area contributed by atoms with Crippen molar-refractivity contribution in [3.8, 4) is 0 Å². The summed E-state index contributed by atoms with van der Waals surface area (Å²) in [6.45, 7) is 0. The zero-order valence-corrected chi connectivity index (χ0v) is 18.1. The summed E-state index contributed by atoms with van der Waals surface area (Å²) in [4.78, 5) is 38.6. The van der Waals surface area contributed by atoms with Crippen LogP contribution in [0.1, 0.15) is 26.3 Å². The van der Waals surface area contributed by atoms with Crippen molar-refractivity contribution >= 4 is 39.1 Å². The third-order valence-electron chi connectivity index (χ3n) is 5.02. The molecule has 1 amide bonds. The van der Waals surface area contributed by atoms with E-state index < -0.39 is 6.04 Å². The molecular weight excluding hydrogens is 456 g/mol. The maximum atomic E-state index is 13.2. The topological polar surface area (TPSA) is 75.3 Å². The minimum atomic E-state index is -0.761. The highest BCUT2D eigenvalue weighted by Crippen LogP contribution is 2.23. The van der Waals surface area contributed by atoms with Crippen LogP contribution in [-0.2, 0) is 11.2 Å². The minimum absolute atomic E-state index is 0.118. The smallest absolute Gasteiger partial charge is 0.247 e. The highest BCUT2D eigenvalue weighted by atomic mass is 79.9. The summed E-state index contributed by atoms with van der Waals surface area (Å²) in [6, 6.07) is 22.7. The van der Waals surface area contributed by atoms with Gasteiger partial charge >= 0.3 is 0 Å². The zero-order chi connectivity index (χ0) is 21.8. The predicted octanol–water partition coefficient (Wildman–Crippen LogP) is 4.55. The fraction of sp³-hybridized carbons (Fsp3) is 0.0800. The first-order valence-electron chi connectivity index (χ1n) is 9.78. The SMILES string of the molecule is O=C1C=C(NC(Cc2ccccc2)C(=O)Nc2ccccc2Br)C(=O)c2ccccc21. The molecule has 0 saturated heterocycles. The number of halogens is 1. The minimum Gasteiger partial charge on any atom is -0.370 e. The predicted molar refractivity (Wildman–Crippen MR) is 123 cm³/mol. The molecule has 0 bridgehead atoms. The summed E-state index contributed by atoms with van der Waals surface area (Å²) < 4.78 is 0.749. The van der Waals surface area contributed by atoms with E-state index in [1.54, 1.807) is 30.3 Å². The molecule has 2 N–H and O–H groups in total. The number of benzene rings is 3. The second kappa shape index (κ2) is 9.10. The van der Waals surface area contributed by atoms with E-state index in [-0.39, 0.29) is 23.2 Å². The van der Waals surface area contributed by atoms with E-state index in [0.29, 0.717) is 23.2 Å². The summed E-state index contributed by atoms with van der Waals surface area (Å²) in [5.41, 5.74) is 2.38. The molecule has 0 saturated carbocycles. The summed E-state index contributed by atoms with van der Waals surface area (Å²) in [6.07, 6.45) is 1.62. The van der Waals surface area contributed by atoms with E-state index in [1.165, 1.54) is 6.08 Å². The number of carbonyl (C=O) groups excluding carboxylic acids is 3. The quantitative estimate of drug-likeness (QED) is 0.549. The number of Topliss-reactive ketones (excluding diaryl/α,β-unsaturated/α-hetero) is 1. The van der Waals surface area contributed by atoms with Crippen molar-refractivity contribution in [2.45, 2.75) is 12.5 Å². The summed E-state index contributed by atoms with van der Waals surface area (Å²) in [5.74, 6) is -0.875. The highest BCUT2D eigenvalue weighted by molar-refractivity contribution is 9.10. The van der Waals surface area contributed by atoms with Crippen LogP contribution in [0.4, 0.5) is 5.69 Å². The molecule has 0 aromatic heterocycles. The molecule has 154 valence electrons. The normalized spacial score (nSPS) is 13.8. The Balaban J connectivity index is 1.62. The summed E-state index contributed by atoms with van der Waals surface area (Å²) >= 11 is 3.43. The molecule has 1 atom stereocenters. The Bertz CT molecular complexity index is 1190. The first-order chi connectivity index (χ1) is 15.0. The van der Waals surface area contributed by atoms with Crippen LogP contribution in [0.2, 0.25) is 0 Å². The molecule has 0 spiro atoms. The molecule has 1 unspecified atom stereocenters. The lowest BCUT2D eigenvalue weighted by Crippen LogP contribution is -2.44. The average molecular weight is 475 g/mol. The number of para-hydroxylation sites is 1. The van der Waals surface area contributed by atoms with Crippen LogP contribution in [0.3, 0.4) is 0 Å². The second-order valence-electron chi connectivity index (χ2n) is 7.15. The Morgan fingerprint density at radius 3 is 2.23 bits per heavy atom. The van der Waals surface area contributed by atoms with Gasteiger partial charge in [-0.05, 0) is 33.6 Å². The van der Waals surface area contributed by atoms with Crippen LogP contribution in [0.5, 0.6) is 0 Å². The van der Waals surface area contributed by atoms with Gasteiger partial charge in [0.15, 0.2) is 5.78 Å². The number of fused-ring (bicyclic) bond motifs is 1. The van der Waals surface area contributed by atoms with Crippen LogP contribution >= 0.6 is 15.9 Å². The van der Waals surface area contributed by atoms with E-state index in [2.05, 4.69) is 26.6 Å². The molecule has 3 aromatic rings. The van der Waals surface area contributed by atoms with E-state index >= 15 is 0 Å². The Morgan fingerprint density at radius 2 is 1.48 bits per heavy atom. The Kier molecular flexibility index (Phi) is 6.09. The van der Waals surface area contributed by atoms with E-state index in [0.717, 1.165) is 10.0 Å². The number of allylic oxidation sites excluding steroid dienone is 2. The van der Waals surface area contributed by atoms with Gasteiger partial charge in [0, 0.05) is 28.1 Å². The van der Waals surface area contributed by atoms with Crippen LogP contribution in [0.25, 0.3) is 0 Å². The van der Waals surface area contributed by atoms with Gasteiger partial charge in [0.2, 0.25) is 11.7 Å². The van der Waals surface area contributed by atoms with Gasteiger partial charge in [-0.2, -0.15) is 0 Å². The van der Waals surface area contributed by atoms with Crippen LogP contribution in [-0.4, -0.2) is 23.5 Å². The van der Waals surface area contributed by atoms with Crippen molar-refractivity contribution in [2.75, 3.05) is 5.32 Å². The first kappa shape index (κ1) is 20.8. The first-order valence-corrected chi connectivity index (χ1v) is 10.6. The largest absolute Gasteiger partial charge is 0.370 e. The molecule has 0 fully saturated rings. The van der Waals surface area contributed by atoms with Gasteiger partial charge in [-0.15, -0.1) is 0 Å². The van der Waals surface area contributed by atoms with E-state index in [1.807, 2.05) is 48.5 Å². The molecule has 31 heavy (non-hydrogen) atoms. The number of hydrogen-bond acceptors (Lipinski definition) is 4. The molecule has 4 rings (SSSR count). The van der Waals surface area contributed by atoms with Crippen molar-refractivity contribution in [1.29, 1.82) is 0 Å². The molecule has 0 aliphatic heterocycles. The summed E-state index contributed by atoms with van der Waals surface area (Å²) in [7, 11) is 0. The Morgan fingerprint density at radius 1 is 0.839 bits per heavy atom. The number of anilines is 1. The monoisotopic (exact) mass is 474 g/mol. The van der Waals surface area contributed by atoms with Gasteiger partial charge < -0.3 is 10.6 Å². The zero-order valence-electron chi connectivity index (χ0n) is 16.5. The third kappa shape index (κ3) is 4.64. The van der Waals surface area contributed by atoms with Crippen molar-refractivity contribution in [3.05, 3.63) is 112 Å². The number of rotatable bonds is 6. The lowest BCUT2D eigenvalue weighted by Gasteiger charge is -2.23. The molecule has 1 aliphatic rings. The van der Waals surface area contributed by atoms with Crippen molar-refractivity contribution in [2.24, 2.45) is 0 Å². The number of hydrogen-bond donors (Lipinski definition) is 2. The van der Waals surface area contributed by atoms with Crippen molar-refractivity contribution < 1.29 is 14.4 Å². The van der Waals surface area contributed by atoms with Gasteiger partial charge in [-0.3, -0.25) is 14.4 Å². The third-order valence-corrected chi connectivity index (χ3v) is 5.71. The van der Waals surface area contributed by atoms with E-state index in [4.69, 9.17) is 0 Å². The van der Waals surface area contributed by atoms with Gasteiger partial charge in [0.1, 0.15) is 6.04 Å². The fourth-order valence-corrected chi connectivity index (χ4v) is 3.84. The molecule has 0 radical (unpaired) electrons. The van der Waals surface area contributed by atoms with E-state index in [9.17, 15) is 14.4 Å². The Labute approximate surface area is 188 Å². The van der Waals surface area contributed by atoms with Gasteiger partial charge in [-0.25, -0.2) is 0 Å². The van der Waals surface area contributed by atoms with Crippen molar-refractivity contribution in [1.82, 2.24) is 5.32 Å². The maximum absolute atomic E-state index is 13.2. The molecule has 5 nitrogen and oxygen atoms in total. The van der Waals surface area contributed by atoms with Gasteiger partial charge in [-0.1, -0.05) is 66.7 Å². The highest BCUT2D eigenvalue weighted by Gasteiger charge is 2.29. The molecule has 1 aliphatic carbocycles. The maximum Gasteiger partial charge on any atom is 0.247 e. The van der Waals surface area contributed by atoms with Crippen LogP contribution in [0.15, 0.2) is 95.1 Å². The Hall–Kier alpha value is -3.51. The number of amides is 1. The lowest BCUT2D eigenvalue weighted by molar-refractivity contribution is -0.117. The number of nitrogens with one attached hydrogen (secondary N) is 2. The molecule has 0 heterocycles. The molecular formula is C25H19BrN2O3. The van der Waals surface area contributed by atoms with Gasteiger partial charge in [0.25, 0.3) is 0 Å². The fourth-order valence-electron chi connectivity index (χ4n) is 3.45. The van der Waals surface area contributed by atoms with Crippen molar-refractivity contribution in [3.63, 3.8) is 0 Å². The van der Waals surface area contributed by atoms with Gasteiger partial charge in [0.05, 0.1) is 11.4 Å². The van der Waals surface area contributed by atoms with Crippen LogP contribution < -0.4 is 10.6 Å². The second-order valence-corrected chi connectivity index (χ2v) is 8.01.